The molecule has 0 bridgehead atoms. The van der Waals surface area contributed by atoms with Gasteiger partial charge in [0.25, 0.3) is 0 Å². The number of pyridine rings is 1. The molecule has 1 aromatic carbocycles. The molecule has 0 fully saturated rings. The van der Waals surface area contributed by atoms with Gasteiger partial charge in [0, 0.05) is 11.8 Å². The van der Waals surface area contributed by atoms with E-state index in [9.17, 15) is 4.39 Å². The van der Waals surface area contributed by atoms with Crippen molar-refractivity contribution in [3.63, 3.8) is 0 Å². The van der Waals surface area contributed by atoms with E-state index in [0.717, 1.165) is 5.56 Å². The van der Waals surface area contributed by atoms with Gasteiger partial charge in [-0.1, -0.05) is 23.7 Å². The fourth-order valence-electron chi connectivity index (χ4n) is 1.67. The van der Waals surface area contributed by atoms with E-state index in [0.29, 0.717) is 16.7 Å². The van der Waals surface area contributed by atoms with E-state index in [2.05, 4.69) is 10.3 Å². The van der Waals surface area contributed by atoms with Crippen LogP contribution < -0.4 is 11.1 Å². The molecule has 0 aliphatic heterocycles. The van der Waals surface area contributed by atoms with E-state index in [1.807, 2.05) is 13.0 Å². The van der Waals surface area contributed by atoms with Gasteiger partial charge in [-0.2, -0.15) is 0 Å². The first-order valence-corrected chi connectivity index (χ1v) is 5.87. The average Bonchev–Trinajstić information content (AvgIpc) is 2.27. The number of nitrogens with two attached hydrogens (primary N) is 1. The standard InChI is InChI=1S/C13H13ClFN3/c1-8(9-3-2-4-10(15)5-9)17-13-7-11(16)6-12(14)18-13/h2-8H,1H3,(H3,16,17,18). The lowest BCUT2D eigenvalue weighted by atomic mass is 10.1. The van der Waals surface area contributed by atoms with Crippen LogP contribution in [0, 0.1) is 5.82 Å². The van der Waals surface area contributed by atoms with Gasteiger partial charge in [0.2, 0.25) is 0 Å². The largest absolute Gasteiger partial charge is 0.399 e. The van der Waals surface area contributed by atoms with Gasteiger partial charge in [-0.3, -0.25) is 0 Å². The van der Waals surface area contributed by atoms with Crippen LogP contribution in [0.25, 0.3) is 0 Å². The first kappa shape index (κ1) is 12.6. The molecule has 0 radical (unpaired) electrons. The molecule has 2 rings (SSSR count). The van der Waals surface area contributed by atoms with E-state index >= 15 is 0 Å². The van der Waals surface area contributed by atoms with Gasteiger partial charge in [0.15, 0.2) is 0 Å². The monoisotopic (exact) mass is 265 g/mol. The molecule has 0 saturated carbocycles. The summed E-state index contributed by atoms with van der Waals surface area (Å²) in [6, 6.07) is 9.56. The van der Waals surface area contributed by atoms with Crippen LogP contribution in [0.3, 0.4) is 0 Å². The first-order valence-electron chi connectivity index (χ1n) is 5.49. The van der Waals surface area contributed by atoms with Gasteiger partial charge in [-0.25, -0.2) is 9.37 Å². The molecule has 1 atom stereocenters. The van der Waals surface area contributed by atoms with Gasteiger partial charge in [0.1, 0.15) is 16.8 Å². The van der Waals surface area contributed by atoms with E-state index in [4.69, 9.17) is 17.3 Å². The minimum atomic E-state index is -0.264. The Bertz CT molecular complexity index is 539. The molecule has 0 saturated heterocycles. The predicted octanol–water partition coefficient (Wildman–Crippen LogP) is 3.63. The van der Waals surface area contributed by atoms with Crippen LogP contribution in [0.1, 0.15) is 18.5 Å². The van der Waals surface area contributed by atoms with Crippen molar-refractivity contribution in [2.75, 3.05) is 11.1 Å². The minimum Gasteiger partial charge on any atom is -0.399 e. The lowest BCUT2D eigenvalue weighted by molar-refractivity contribution is 0.623. The van der Waals surface area contributed by atoms with Crippen molar-refractivity contribution in [1.82, 2.24) is 4.98 Å². The molecular weight excluding hydrogens is 253 g/mol. The Kier molecular flexibility index (Phi) is 3.67. The number of anilines is 2. The van der Waals surface area contributed by atoms with Gasteiger partial charge < -0.3 is 11.1 Å². The minimum absolute atomic E-state index is 0.0916. The van der Waals surface area contributed by atoms with Crippen LogP contribution in [0.2, 0.25) is 5.15 Å². The third-order valence-corrected chi connectivity index (χ3v) is 2.72. The number of halogens is 2. The molecule has 2 aromatic rings. The summed E-state index contributed by atoms with van der Waals surface area (Å²) >= 11 is 5.81. The first-order chi connectivity index (χ1) is 8.54. The summed E-state index contributed by atoms with van der Waals surface area (Å²) in [7, 11) is 0. The Balaban J connectivity index is 2.18. The number of rotatable bonds is 3. The van der Waals surface area contributed by atoms with Gasteiger partial charge in [-0.05, 0) is 30.7 Å². The highest BCUT2D eigenvalue weighted by Gasteiger charge is 2.07. The SMILES string of the molecule is CC(Nc1cc(N)cc(Cl)n1)c1cccc(F)c1. The lowest BCUT2D eigenvalue weighted by Crippen LogP contribution is -2.08. The predicted molar refractivity (Wildman–Crippen MR) is 72.1 cm³/mol. The third kappa shape index (κ3) is 3.11. The number of hydrogen-bond acceptors (Lipinski definition) is 3. The number of nitrogens with zero attached hydrogens (tertiary/aromatic N) is 1. The normalized spacial score (nSPS) is 12.2. The lowest BCUT2D eigenvalue weighted by Gasteiger charge is -2.15. The van der Waals surface area contributed by atoms with Gasteiger partial charge in [-0.15, -0.1) is 0 Å². The highest BCUT2D eigenvalue weighted by molar-refractivity contribution is 6.29. The van der Waals surface area contributed by atoms with Crippen molar-refractivity contribution in [3.8, 4) is 0 Å². The maximum atomic E-state index is 13.1. The topological polar surface area (TPSA) is 50.9 Å². The Hall–Kier alpha value is -1.81. The molecule has 94 valence electrons. The Labute approximate surface area is 110 Å². The van der Waals surface area contributed by atoms with Crippen molar-refractivity contribution in [1.29, 1.82) is 0 Å². The van der Waals surface area contributed by atoms with Crippen LogP contribution in [0.4, 0.5) is 15.9 Å². The van der Waals surface area contributed by atoms with Crippen molar-refractivity contribution in [2.45, 2.75) is 13.0 Å². The molecule has 0 amide bonds. The second kappa shape index (κ2) is 5.23. The zero-order chi connectivity index (χ0) is 13.1. The van der Waals surface area contributed by atoms with Crippen LogP contribution in [0.15, 0.2) is 36.4 Å². The van der Waals surface area contributed by atoms with Crippen molar-refractivity contribution in [2.24, 2.45) is 0 Å². The fourth-order valence-corrected chi connectivity index (χ4v) is 1.89. The smallest absolute Gasteiger partial charge is 0.133 e. The summed E-state index contributed by atoms with van der Waals surface area (Å²) in [5.41, 5.74) is 7.03. The number of nitrogens with one attached hydrogen (secondary N) is 1. The highest BCUT2D eigenvalue weighted by atomic mass is 35.5. The summed E-state index contributed by atoms with van der Waals surface area (Å²) in [5.74, 6) is 0.302. The third-order valence-electron chi connectivity index (χ3n) is 2.53. The Morgan fingerprint density at radius 1 is 1.33 bits per heavy atom. The fraction of sp³-hybridized carbons (Fsp3) is 0.154. The quantitative estimate of drug-likeness (QED) is 0.833. The number of nitrogen functional groups attached to an aromatic ring is 1. The molecule has 1 unspecified atom stereocenters. The molecule has 3 N–H and O–H groups in total. The van der Waals surface area contributed by atoms with Crippen LogP contribution >= 0.6 is 11.6 Å². The zero-order valence-corrected chi connectivity index (χ0v) is 10.6. The molecule has 3 nitrogen and oxygen atoms in total. The van der Waals surface area contributed by atoms with Gasteiger partial charge in [0.05, 0.1) is 6.04 Å². The molecule has 0 aliphatic rings. The highest BCUT2D eigenvalue weighted by Crippen LogP contribution is 2.21. The maximum absolute atomic E-state index is 13.1. The van der Waals surface area contributed by atoms with Crippen LogP contribution in [0.5, 0.6) is 0 Å². The van der Waals surface area contributed by atoms with E-state index in [1.165, 1.54) is 12.1 Å². The summed E-state index contributed by atoms with van der Waals surface area (Å²) < 4.78 is 13.1. The molecular formula is C13H13ClFN3. The van der Waals surface area contributed by atoms with Gasteiger partial charge >= 0.3 is 0 Å². The Morgan fingerprint density at radius 2 is 2.11 bits per heavy atom. The van der Waals surface area contributed by atoms with Crippen LogP contribution in [-0.4, -0.2) is 4.98 Å². The summed E-state index contributed by atoms with van der Waals surface area (Å²) in [4.78, 5) is 4.10. The Morgan fingerprint density at radius 3 is 2.78 bits per heavy atom. The molecule has 18 heavy (non-hydrogen) atoms. The van der Waals surface area contributed by atoms with E-state index in [1.54, 1.807) is 18.2 Å². The summed E-state index contributed by atoms with van der Waals surface area (Å²) in [6.45, 7) is 1.91. The maximum Gasteiger partial charge on any atom is 0.133 e. The second-order valence-corrected chi connectivity index (χ2v) is 4.42. The number of aromatic nitrogens is 1. The van der Waals surface area contributed by atoms with Crippen LogP contribution in [-0.2, 0) is 0 Å². The second-order valence-electron chi connectivity index (χ2n) is 4.03. The summed E-state index contributed by atoms with van der Waals surface area (Å²) in [6.07, 6.45) is 0. The van der Waals surface area contributed by atoms with Crippen molar-refractivity contribution >= 4 is 23.1 Å². The van der Waals surface area contributed by atoms with E-state index < -0.39 is 0 Å². The van der Waals surface area contributed by atoms with E-state index in [-0.39, 0.29) is 11.9 Å². The summed E-state index contributed by atoms with van der Waals surface area (Å²) in [5, 5.41) is 3.45. The number of hydrogen-bond donors (Lipinski definition) is 2. The zero-order valence-electron chi connectivity index (χ0n) is 9.82. The molecule has 1 aromatic heterocycles. The number of benzene rings is 1. The van der Waals surface area contributed by atoms with Crippen molar-refractivity contribution < 1.29 is 4.39 Å². The molecule has 5 heteroatoms. The van der Waals surface area contributed by atoms with Crippen molar-refractivity contribution in [3.05, 3.63) is 52.9 Å². The molecule has 0 aliphatic carbocycles. The molecule has 0 spiro atoms. The molecule has 1 heterocycles. The average molecular weight is 266 g/mol.